The highest BCUT2D eigenvalue weighted by atomic mass is 16.5. The Kier molecular flexibility index (Phi) is 5.78. The van der Waals surface area contributed by atoms with Crippen LogP contribution >= 0.6 is 0 Å². The maximum Gasteiger partial charge on any atom is 0.118 e. The van der Waals surface area contributed by atoms with Crippen molar-refractivity contribution < 1.29 is 4.74 Å². The zero-order valence-corrected chi connectivity index (χ0v) is 13.0. The Morgan fingerprint density at radius 3 is 2.29 bits per heavy atom. The van der Waals surface area contributed by atoms with Crippen LogP contribution < -0.4 is 10.1 Å². The molecule has 0 spiro atoms. The molecule has 112 valence electrons. The van der Waals surface area contributed by atoms with E-state index in [1.807, 2.05) is 19.2 Å². The van der Waals surface area contributed by atoms with Crippen molar-refractivity contribution in [3.63, 3.8) is 0 Å². The van der Waals surface area contributed by atoms with Crippen molar-refractivity contribution in [2.75, 3.05) is 27.7 Å². The summed E-state index contributed by atoms with van der Waals surface area (Å²) in [4.78, 5) is 2.33. The highest BCUT2D eigenvalue weighted by Crippen LogP contribution is 2.16. The fourth-order valence-electron chi connectivity index (χ4n) is 2.47. The second-order valence-electron chi connectivity index (χ2n) is 5.30. The first-order valence-electron chi connectivity index (χ1n) is 7.26. The fraction of sp³-hybridized carbons (Fsp3) is 0.333. The van der Waals surface area contributed by atoms with E-state index in [4.69, 9.17) is 4.74 Å². The lowest BCUT2D eigenvalue weighted by molar-refractivity contribution is 0.289. The standard InChI is InChI=1S/C18H24N2O/c1-19-18(16-7-5-4-6-8-16)14-20(2)13-15-9-11-17(21-3)12-10-15/h4-12,18-19H,13-14H2,1-3H3. The molecule has 1 N–H and O–H groups in total. The number of methoxy groups -OCH3 is 1. The summed E-state index contributed by atoms with van der Waals surface area (Å²) < 4.78 is 5.19. The highest BCUT2D eigenvalue weighted by molar-refractivity contribution is 5.27. The fourth-order valence-corrected chi connectivity index (χ4v) is 2.47. The smallest absolute Gasteiger partial charge is 0.118 e. The van der Waals surface area contributed by atoms with E-state index in [0.717, 1.165) is 18.8 Å². The van der Waals surface area contributed by atoms with Crippen LogP contribution in [0.5, 0.6) is 5.75 Å². The Labute approximate surface area is 127 Å². The van der Waals surface area contributed by atoms with Crippen LogP contribution in [0.1, 0.15) is 17.2 Å². The van der Waals surface area contributed by atoms with Gasteiger partial charge in [0.2, 0.25) is 0 Å². The van der Waals surface area contributed by atoms with Crippen molar-refractivity contribution in [2.45, 2.75) is 12.6 Å². The maximum atomic E-state index is 5.19. The Balaban J connectivity index is 1.94. The summed E-state index contributed by atoms with van der Waals surface area (Å²) in [7, 11) is 5.86. The molecule has 21 heavy (non-hydrogen) atoms. The third-order valence-corrected chi connectivity index (χ3v) is 3.66. The molecule has 2 aromatic carbocycles. The van der Waals surface area contributed by atoms with E-state index in [0.29, 0.717) is 6.04 Å². The molecule has 1 unspecified atom stereocenters. The van der Waals surface area contributed by atoms with E-state index in [2.05, 4.69) is 59.7 Å². The van der Waals surface area contributed by atoms with Gasteiger partial charge in [0, 0.05) is 19.1 Å². The molecule has 0 aliphatic rings. The molecular weight excluding hydrogens is 260 g/mol. The van der Waals surface area contributed by atoms with Crippen molar-refractivity contribution in [2.24, 2.45) is 0 Å². The van der Waals surface area contributed by atoms with Crippen LogP contribution in [-0.4, -0.2) is 32.6 Å². The molecule has 0 heterocycles. The summed E-state index contributed by atoms with van der Waals surface area (Å²) in [6, 6.07) is 19.2. The predicted molar refractivity (Wildman–Crippen MR) is 87.6 cm³/mol. The van der Waals surface area contributed by atoms with Crippen LogP contribution in [0.25, 0.3) is 0 Å². The third-order valence-electron chi connectivity index (χ3n) is 3.66. The van der Waals surface area contributed by atoms with Gasteiger partial charge in [0.1, 0.15) is 5.75 Å². The van der Waals surface area contributed by atoms with Crippen LogP contribution in [0.2, 0.25) is 0 Å². The summed E-state index contributed by atoms with van der Waals surface area (Å²) in [5.41, 5.74) is 2.61. The number of benzene rings is 2. The summed E-state index contributed by atoms with van der Waals surface area (Å²) in [5.74, 6) is 0.902. The molecule has 0 radical (unpaired) electrons. The Bertz CT molecular complexity index is 525. The second kappa shape index (κ2) is 7.81. The third kappa shape index (κ3) is 4.59. The Hall–Kier alpha value is -1.84. The van der Waals surface area contributed by atoms with Crippen LogP contribution in [0.15, 0.2) is 54.6 Å². The summed E-state index contributed by atoms with van der Waals surface area (Å²) in [6.07, 6.45) is 0. The van der Waals surface area contributed by atoms with E-state index in [1.54, 1.807) is 7.11 Å². The molecule has 0 bridgehead atoms. The zero-order chi connectivity index (χ0) is 15.1. The molecule has 1 atom stereocenters. The molecule has 3 nitrogen and oxygen atoms in total. The van der Waals surface area contributed by atoms with Gasteiger partial charge in [-0.1, -0.05) is 42.5 Å². The van der Waals surface area contributed by atoms with Crippen LogP contribution in [-0.2, 0) is 6.54 Å². The number of hydrogen-bond donors (Lipinski definition) is 1. The van der Waals surface area contributed by atoms with Gasteiger partial charge in [-0.15, -0.1) is 0 Å². The Morgan fingerprint density at radius 1 is 1.05 bits per heavy atom. The monoisotopic (exact) mass is 284 g/mol. The second-order valence-corrected chi connectivity index (χ2v) is 5.30. The predicted octanol–water partition coefficient (Wildman–Crippen LogP) is 3.09. The number of nitrogens with one attached hydrogen (secondary N) is 1. The molecule has 2 aromatic rings. The molecule has 3 heteroatoms. The Morgan fingerprint density at radius 2 is 1.71 bits per heavy atom. The van der Waals surface area contributed by atoms with Gasteiger partial charge >= 0.3 is 0 Å². The number of rotatable bonds is 7. The summed E-state index contributed by atoms with van der Waals surface area (Å²) in [5, 5.41) is 3.39. The molecule has 0 aromatic heterocycles. The van der Waals surface area contributed by atoms with Crippen molar-refractivity contribution in [3.8, 4) is 5.75 Å². The molecule has 2 rings (SSSR count). The van der Waals surface area contributed by atoms with Crippen molar-refractivity contribution in [1.82, 2.24) is 10.2 Å². The van der Waals surface area contributed by atoms with Crippen LogP contribution in [0.4, 0.5) is 0 Å². The lowest BCUT2D eigenvalue weighted by Crippen LogP contribution is -2.30. The average molecular weight is 284 g/mol. The largest absolute Gasteiger partial charge is 0.497 e. The number of ether oxygens (including phenoxy) is 1. The maximum absolute atomic E-state index is 5.19. The minimum Gasteiger partial charge on any atom is -0.497 e. The quantitative estimate of drug-likeness (QED) is 0.845. The van der Waals surface area contributed by atoms with Crippen molar-refractivity contribution in [3.05, 3.63) is 65.7 Å². The molecule has 0 aliphatic heterocycles. The number of hydrogen-bond acceptors (Lipinski definition) is 3. The first kappa shape index (κ1) is 15.5. The van der Waals surface area contributed by atoms with Gasteiger partial charge in [-0.25, -0.2) is 0 Å². The van der Waals surface area contributed by atoms with Gasteiger partial charge in [-0.2, -0.15) is 0 Å². The SMILES string of the molecule is CNC(CN(C)Cc1ccc(OC)cc1)c1ccccc1. The van der Waals surface area contributed by atoms with E-state index < -0.39 is 0 Å². The normalized spacial score (nSPS) is 12.4. The summed E-state index contributed by atoms with van der Waals surface area (Å²) in [6.45, 7) is 1.89. The first-order valence-corrected chi connectivity index (χ1v) is 7.26. The van der Waals surface area contributed by atoms with Crippen molar-refractivity contribution >= 4 is 0 Å². The van der Waals surface area contributed by atoms with E-state index in [1.165, 1.54) is 11.1 Å². The lowest BCUT2D eigenvalue weighted by atomic mass is 10.1. The molecule has 0 saturated carbocycles. The average Bonchev–Trinajstić information content (AvgIpc) is 2.54. The van der Waals surface area contributed by atoms with Gasteiger partial charge in [0.25, 0.3) is 0 Å². The van der Waals surface area contributed by atoms with Gasteiger partial charge < -0.3 is 15.0 Å². The van der Waals surface area contributed by atoms with E-state index in [9.17, 15) is 0 Å². The molecule has 0 saturated heterocycles. The number of nitrogens with zero attached hydrogens (tertiary/aromatic N) is 1. The minimum atomic E-state index is 0.342. The van der Waals surface area contributed by atoms with Gasteiger partial charge in [0.05, 0.1) is 7.11 Å². The van der Waals surface area contributed by atoms with Gasteiger partial charge in [0.15, 0.2) is 0 Å². The topological polar surface area (TPSA) is 24.5 Å². The van der Waals surface area contributed by atoms with E-state index >= 15 is 0 Å². The molecular formula is C18H24N2O. The molecule has 0 aliphatic carbocycles. The summed E-state index contributed by atoms with van der Waals surface area (Å²) >= 11 is 0. The van der Waals surface area contributed by atoms with Crippen LogP contribution in [0.3, 0.4) is 0 Å². The molecule has 0 fully saturated rings. The van der Waals surface area contributed by atoms with Gasteiger partial charge in [-0.3, -0.25) is 0 Å². The zero-order valence-electron chi connectivity index (χ0n) is 13.0. The van der Waals surface area contributed by atoms with E-state index in [-0.39, 0.29) is 0 Å². The van der Waals surface area contributed by atoms with Crippen LogP contribution in [0, 0.1) is 0 Å². The molecule has 0 amide bonds. The highest BCUT2D eigenvalue weighted by Gasteiger charge is 2.11. The number of likely N-dealkylation sites (N-methyl/N-ethyl adjacent to an activating group) is 2. The van der Waals surface area contributed by atoms with Crippen molar-refractivity contribution in [1.29, 1.82) is 0 Å². The van der Waals surface area contributed by atoms with Gasteiger partial charge in [-0.05, 0) is 37.4 Å². The minimum absolute atomic E-state index is 0.342. The lowest BCUT2D eigenvalue weighted by Gasteiger charge is -2.24. The first-order chi connectivity index (χ1) is 10.2.